The Bertz CT molecular complexity index is 309. The molecule has 0 spiro atoms. The number of hydrogen-bond donors (Lipinski definition) is 4. The Morgan fingerprint density at radius 3 is 1.40 bits per heavy atom. The van der Waals surface area contributed by atoms with Crippen LogP contribution in [0, 0.1) is 0 Å². The molecule has 0 rings (SSSR count). The number of hydrogen-bond acceptors (Lipinski definition) is 6. The maximum absolute atomic E-state index is 8.77. The topological polar surface area (TPSA) is 89.2 Å². The van der Waals surface area contributed by atoms with Gasteiger partial charge in [0.25, 0.3) is 0 Å². The van der Waals surface area contributed by atoms with E-state index in [2.05, 4.69) is 20.9 Å². The summed E-state index contributed by atoms with van der Waals surface area (Å²) >= 11 is 0. The van der Waals surface area contributed by atoms with Crippen LogP contribution >= 0.6 is 0 Å². The van der Waals surface area contributed by atoms with Crippen LogP contribution in [0.5, 0.6) is 0 Å². The van der Waals surface area contributed by atoms with E-state index in [1.54, 1.807) is 13.8 Å². The Morgan fingerprint density at radius 1 is 0.850 bits per heavy atom. The van der Waals surface area contributed by atoms with Crippen LogP contribution in [-0.4, -0.2) is 46.0 Å². The minimum absolute atomic E-state index is 0. The van der Waals surface area contributed by atoms with Crippen molar-refractivity contribution in [1.29, 1.82) is 0 Å². The zero-order valence-electron chi connectivity index (χ0n) is 13.2. The fourth-order valence-electron chi connectivity index (χ4n) is 1.40. The molecule has 7 heteroatoms. The molecule has 4 N–H and O–H groups in total. The van der Waals surface area contributed by atoms with E-state index in [1.807, 2.05) is 27.7 Å². The van der Waals surface area contributed by atoms with Crippen molar-refractivity contribution in [2.24, 2.45) is 10.3 Å². The van der Waals surface area contributed by atoms with E-state index in [0.717, 1.165) is 19.5 Å². The van der Waals surface area contributed by atoms with Gasteiger partial charge in [0.1, 0.15) is 0 Å². The second-order valence-electron chi connectivity index (χ2n) is 5.83. The summed E-state index contributed by atoms with van der Waals surface area (Å²) in [5.41, 5.74) is 0.688. The monoisotopic (exact) mass is 330 g/mol. The van der Waals surface area contributed by atoms with Crippen LogP contribution in [0.3, 0.4) is 0 Å². The average Bonchev–Trinajstić information content (AvgIpc) is 2.35. The molecule has 0 amide bonds. The van der Waals surface area contributed by atoms with E-state index >= 15 is 0 Å². The molecule has 0 heterocycles. The quantitative estimate of drug-likeness (QED) is 0.180. The molecular weight excluding hydrogens is 303 g/mol. The Balaban J connectivity index is 0. The maximum atomic E-state index is 8.77. The summed E-state index contributed by atoms with van der Waals surface area (Å²) in [4.78, 5) is 0. The predicted molar refractivity (Wildman–Crippen MR) is 78.6 cm³/mol. The number of rotatable bonds is 8. The van der Waals surface area contributed by atoms with Gasteiger partial charge in [0, 0.05) is 0 Å². The first kappa shape index (κ1) is 21.6. The van der Waals surface area contributed by atoms with Crippen LogP contribution in [0.4, 0.5) is 0 Å². The van der Waals surface area contributed by atoms with Gasteiger partial charge in [-0.25, -0.2) is 0 Å². The minimum atomic E-state index is -0.313. The summed E-state index contributed by atoms with van der Waals surface area (Å²) in [6.07, 6.45) is 0.921. The summed E-state index contributed by atoms with van der Waals surface area (Å²) in [6.45, 7) is 13.1. The zero-order valence-corrected chi connectivity index (χ0v) is 14.2. The second kappa shape index (κ2) is 9.32. The summed E-state index contributed by atoms with van der Waals surface area (Å²) in [7, 11) is 0. The Kier molecular flexibility index (Phi) is 10.1. The van der Waals surface area contributed by atoms with E-state index < -0.39 is 0 Å². The van der Waals surface area contributed by atoms with Crippen LogP contribution < -0.4 is 10.6 Å². The third kappa shape index (κ3) is 7.22. The van der Waals surface area contributed by atoms with Gasteiger partial charge in [-0.2, -0.15) is 0 Å². The summed E-state index contributed by atoms with van der Waals surface area (Å²) in [5.74, 6) is 0. The van der Waals surface area contributed by atoms with Crippen molar-refractivity contribution in [2.75, 3.05) is 13.1 Å². The fraction of sp³-hybridized carbons (Fsp3) is 0.846. The van der Waals surface area contributed by atoms with Gasteiger partial charge in [0.05, 0.1) is 22.5 Å². The van der Waals surface area contributed by atoms with Crippen molar-refractivity contribution in [3.05, 3.63) is 0 Å². The molecular formula is C13H28N4NiO2+3. The first-order valence-corrected chi connectivity index (χ1v) is 6.55. The van der Waals surface area contributed by atoms with Gasteiger partial charge >= 0.3 is 16.5 Å². The van der Waals surface area contributed by atoms with Crippen molar-refractivity contribution in [1.82, 2.24) is 10.6 Å². The van der Waals surface area contributed by atoms with E-state index in [9.17, 15) is 0 Å². The third-order valence-corrected chi connectivity index (χ3v) is 3.60. The maximum Gasteiger partial charge on any atom is 3.00 e. The van der Waals surface area contributed by atoms with Crippen molar-refractivity contribution in [2.45, 2.75) is 59.0 Å². The minimum Gasteiger partial charge on any atom is -0.411 e. The third-order valence-electron chi connectivity index (χ3n) is 3.60. The first-order valence-electron chi connectivity index (χ1n) is 6.55. The standard InChI is InChI=1S/C13H28N4O2.Ni/c1-10(16-18)12(3,4)14-8-7-9-15-13(5,6)11(2)17-19;/h14-15,18-19H,7-9H2,1-6H3;/q;+3. The van der Waals surface area contributed by atoms with Gasteiger partial charge in [-0.3, -0.25) is 0 Å². The second-order valence-corrected chi connectivity index (χ2v) is 5.83. The van der Waals surface area contributed by atoms with E-state index in [1.165, 1.54) is 0 Å². The van der Waals surface area contributed by atoms with E-state index in [4.69, 9.17) is 10.4 Å². The van der Waals surface area contributed by atoms with E-state index in [0.29, 0.717) is 11.4 Å². The zero-order chi connectivity index (χ0) is 15.1. The summed E-state index contributed by atoms with van der Waals surface area (Å²) in [5, 5.41) is 30.6. The van der Waals surface area contributed by atoms with Gasteiger partial charge in [0.2, 0.25) is 0 Å². The molecule has 0 atom stereocenters. The molecule has 0 unspecified atom stereocenters. The van der Waals surface area contributed by atoms with Crippen LogP contribution in [-0.2, 0) is 16.5 Å². The molecule has 20 heavy (non-hydrogen) atoms. The SMILES string of the molecule is CC(=NO)C(C)(C)NCCCNC(C)(C)C(C)=NO.[Ni+3]. The molecule has 0 aliphatic rings. The predicted octanol–water partition coefficient (Wildman–Crippen LogP) is 1.81. The average molecular weight is 331 g/mol. The first-order chi connectivity index (χ1) is 8.67. The number of oxime groups is 2. The Labute approximate surface area is 132 Å². The van der Waals surface area contributed by atoms with Gasteiger partial charge in [-0.1, -0.05) is 10.3 Å². The number of nitrogens with zero attached hydrogens (tertiary/aromatic N) is 2. The Hall–Kier alpha value is -0.646. The smallest absolute Gasteiger partial charge is 0.411 e. The largest absolute Gasteiger partial charge is 3.00 e. The van der Waals surface area contributed by atoms with Crippen molar-refractivity contribution < 1.29 is 26.9 Å². The molecule has 0 aromatic heterocycles. The molecule has 0 saturated heterocycles. The van der Waals surface area contributed by atoms with Gasteiger partial charge in [-0.05, 0) is 61.1 Å². The fourth-order valence-corrected chi connectivity index (χ4v) is 1.40. The van der Waals surface area contributed by atoms with Crippen LogP contribution in [0.15, 0.2) is 10.3 Å². The molecule has 0 saturated carbocycles. The van der Waals surface area contributed by atoms with Gasteiger partial charge in [-0.15, -0.1) is 0 Å². The molecule has 6 nitrogen and oxygen atoms in total. The van der Waals surface area contributed by atoms with Crippen LogP contribution in [0.1, 0.15) is 48.0 Å². The van der Waals surface area contributed by atoms with Crippen molar-refractivity contribution in [3.8, 4) is 0 Å². The molecule has 0 fully saturated rings. The summed E-state index contributed by atoms with van der Waals surface area (Å²) in [6, 6.07) is 0. The molecule has 1 radical (unpaired) electrons. The van der Waals surface area contributed by atoms with Gasteiger partial charge in [0.15, 0.2) is 0 Å². The molecule has 0 aliphatic heterocycles. The molecule has 0 aliphatic carbocycles. The van der Waals surface area contributed by atoms with E-state index in [-0.39, 0.29) is 27.6 Å². The normalized spacial score (nSPS) is 14.1. The molecule has 119 valence electrons. The van der Waals surface area contributed by atoms with Crippen molar-refractivity contribution >= 4 is 11.4 Å². The molecule has 0 aromatic rings. The molecule has 0 aromatic carbocycles. The summed E-state index contributed by atoms with van der Waals surface area (Å²) < 4.78 is 0. The van der Waals surface area contributed by atoms with Crippen LogP contribution in [0.25, 0.3) is 0 Å². The Morgan fingerprint density at radius 2 is 1.15 bits per heavy atom. The van der Waals surface area contributed by atoms with Crippen molar-refractivity contribution in [3.63, 3.8) is 0 Å². The van der Waals surface area contributed by atoms with Crippen LogP contribution in [0.2, 0.25) is 0 Å². The number of nitrogens with one attached hydrogen (secondary N) is 2. The molecule has 0 bridgehead atoms. The van der Waals surface area contributed by atoms with Gasteiger partial charge < -0.3 is 21.0 Å².